The lowest BCUT2D eigenvalue weighted by Crippen LogP contribution is -2.26. The minimum Gasteiger partial charge on any atom is -0.494 e. The van der Waals surface area contributed by atoms with Gasteiger partial charge >= 0.3 is 0 Å². The average molecular weight is 672 g/mol. The number of unbranched alkanes of at least 4 members (excludes halogenated alkanes) is 1. The minimum atomic E-state index is -0.500. The maximum Gasteiger partial charge on any atom is 0.127 e. The number of aldehydes is 1. The first-order chi connectivity index (χ1) is 23.0. The Hall–Kier alpha value is -3.78. The Balaban J connectivity index is 0.000000818. The van der Waals surface area contributed by atoms with Crippen molar-refractivity contribution in [3.8, 4) is 33.8 Å². The summed E-state index contributed by atoms with van der Waals surface area (Å²) >= 11 is 1.73. The highest BCUT2D eigenvalue weighted by Gasteiger charge is 2.35. The van der Waals surface area contributed by atoms with Gasteiger partial charge in [0.2, 0.25) is 0 Å². The lowest BCUT2D eigenvalue weighted by molar-refractivity contribution is -0.107. The summed E-state index contributed by atoms with van der Waals surface area (Å²) in [5, 5.41) is 15.5. The van der Waals surface area contributed by atoms with Crippen LogP contribution in [0.25, 0.3) is 22.3 Å². The molecule has 0 bridgehead atoms. The zero-order valence-electron chi connectivity index (χ0n) is 30.1. The number of aryl methyl sites for hydroxylation is 1. The molecule has 0 saturated heterocycles. The number of hydrogen-bond donors (Lipinski definition) is 2. The molecule has 1 atom stereocenters. The highest BCUT2D eigenvalue weighted by atomic mass is 32.2. The summed E-state index contributed by atoms with van der Waals surface area (Å²) < 4.78 is 14.8. The van der Waals surface area contributed by atoms with Gasteiger partial charge in [-0.3, -0.25) is 0 Å². The highest BCUT2D eigenvalue weighted by molar-refractivity contribution is 8.00. The normalized spacial score (nSPS) is 13.2. The molecular formula is C41H53NO5S. The van der Waals surface area contributed by atoms with E-state index >= 15 is 0 Å². The van der Waals surface area contributed by atoms with E-state index in [0.29, 0.717) is 19.6 Å². The second-order valence-electron chi connectivity index (χ2n) is 12.9. The van der Waals surface area contributed by atoms with Gasteiger partial charge in [0.15, 0.2) is 0 Å². The molecule has 2 N–H and O–H groups in total. The van der Waals surface area contributed by atoms with Gasteiger partial charge in [-0.2, -0.15) is 0 Å². The SMILES string of the molecule is CC(C)(C)O.CO.CSN1c2c(C)c(CC=O)c(-c3ccc(C)cc3)c(C)c2-c2c(OCCCCOc3ccccc3)cccc2[C@@H]1C. The number of fused-ring (bicyclic) bond motifs is 3. The molecule has 1 aliphatic heterocycles. The lowest BCUT2D eigenvalue weighted by atomic mass is 9.79. The van der Waals surface area contributed by atoms with E-state index in [1.54, 1.807) is 32.7 Å². The van der Waals surface area contributed by atoms with E-state index in [1.165, 1.54) is 33.5 Å². The van der Waals surface area contributed by atoms with Crippen molar-refractivity contribution in [1.29, 1.82) is 0 Å². The van der Waals surface area contributed by atoms with E-state index in [9.17, 15) is 4.79 Å². The molecule has 48 heavy (non-hydrogen) atoms. The number of aliphatic hydroxyl groups excluding tert-OH is 1. The molecule has 4 aromatic carbocycles. The third-order valence-corrected chi connectivity index (χ3v) is 8.95. The topological polar surface area (TPSA) is 79.2 Å². The van der Waals surface area contributed by atoms with E-state index in [1.807, 2.05) is 30.3 Å². The molecule has 6 nitrogen and oxygen atoms in total. The zero-order chi connectivity index (χ0) is 35.4. The smallest absolute Gasteiger partial charge is 0.127 e. The van der Waals surface area contributed by atoms with Crippen LogP contribution >= 0.6 is 11.9 Å². The van der Waals surface area contributed by atoms with Gasteiger partial charge in [0.25, 0.3) is 0 Å². The molecule has 0 aliphatic carbocycles. The number of para-hydroxylation sites is 1. The van der Waals surface area contributed by atoms with Gasteiger partial charge in [-0.25, -0.2) is 0 Å². The predicted molar refractivity (Wildman–Crippen MR) is 202 cm³/mol. The molecule has 1 aliphatic rings. The number of ether oxygens (including phenoxy) is 2. The maximum absolute atomic E-state index is 11.9. The molecule has 7 heteroatoms. The standard InChI is InChI=1S/C36H39NO3S.C4H10O.CH4O/c1-24-16-18-28(19-17-24)33-26(3)34-35-31(27(4)37(41-5)36(34)25(2)30(33)20-21-38)14-11-15-32(35)40-23-10-9-22-39-29-12-7-6-8-13-29;1-4(2,3)5;1-2/h6-8,11-19,21,27H,9-10,20,22-23H2,1-5H3;5H,1-3H3;2H,1H3/t27-;;/m0../s1. The number of nitrogens with zero attached hydrogens (tertiary/aromatic N) is 1. The number of carbonyl (C=O) groups is 1. The van der Waals surface area contributed by atoms with Crippen LogP contribution in [-0.2, 0) is 11.2 Å². The largest absolute Gasteiger partial charge is 0.494 e. The number of aliphatic hydroxyl groups is 2. The summed E-state index contributed by atoms with van der Waals surface area (Å²) in [5.74, 6) is 1.82. The van der Waals surface area contributed by atoms with Crippen LogP contribution in [0.2, 0.25) is 0 Å². The van der Waals surface area contributed by atoms with Gasteiger partial charge in [-0.15, -0.1) is 0 Å². The van der Waals surface area contributed by atoms with Gasteiger partial charge in [0, 0.05) is 30.9 Å². The molecule has 1 heterocycles. The van der Waals surface area contributed by atoms with Crippen LogP contribution in [0.15, 0.2) is 72.8 Å². The van der Waals surface area contributed by atoms with Gasteiger partial charge < -0.3 is 28.8 Å². The van der Waals surface area contributed by atoms with Gasteiger partial charge in [-0.1, -0.05) is 72.1 Å². The van der Waals surface area contributed by atoms with Gasteiger partial charge in [0.05, 0.1) is 30.5 Å². The molecule has 5 rings (SSSR count). The van der Waals surface area contributed by atoms with Crippen molar-refractivity contribution in [3.63, 3.8) is 0 Å². The summed E-state index contributed by atoms with van der Waals surface area (Å²) in [6.45, 7) is 15.3. The Morgan fingerprint density at radius 1 is 0.812 bits per heavy atom. The number of anilines is 1. The fourth-order valence-corrected chi connectivity index (χ4v) is 6.86. The van der Waals surface area contributed by atoms with Crippen molar-refractivity contribution in [2.45, 2.75) is 79.4 Å². The van der Waals surface area contributed by atoms with Crippen LogP contribution in [0.1, 0.15) is 74.4 Å². The van der Waals surface area contributed by atoms with Crippen LogP contribution in [0.5, 0.6) is 11.5 Å². The van der Waals surface area contributed by atoms with Gasteiger partial charge in [-0.05, 0) is 113 Å². The lowest BCUT2D eigenvalue weighted by Gasteiger charge is -2.40. The molecule has 0 aromatic heterocycles. The first-order valence-electron chi connectivity index (χ1n) is 16.6. The monoisotopic (exact) mass is 671 g/mol. The number of rotatable bonds is 11. The fourth-order valence-electron chi connectivity index (χ4n) is 6.02. The van der Waals surface area contributed by atoms with Crippen molar-refractivity contribution < 1.29 is 24.5 Å². The zero-order valence-corrected chi connectivity index (χ0v) is 30.9. The predicted octanol–water partition coefficient (Wildman–Crippen LogP) is 9.47. The third-order valence-electron chi connectivity index (χ3n) is 8.06. The molecule has 0 saturated carbocycles. The average Bonchev–Trinajstić information content (AvgIpc) is 3.06. The molecule has 4 aromatic rings. The van der Waals surface area contributed by atoms with Crippen LogP contribution in [0, 0.1) is 20.8 Å². The number of hydrogen-bond acceptors (Lipinski definition) is 7. The Morgan fingerprint density at radius 3 is 2.00 bits per heavy atom. The van der Waals surface area contributed by atoms with Crippen molar-refractivity contribution >= 4 is 23.9 Å². The van der Waals surface area contributed by atoms with E-state index in [2.05, 4.69) is 80.7 Å². The summed E-state index contributed by atoms with van der Waals surface area (Å²) in [5.41, 5.74) is 11.3. The summed E-state index contributed by atoms with van der Waals surface area (Å²) in [4.78, 5) is 11.9. The molecule has 0 amide bonds. The number of carbonyl (C=O) groups excluding carboxylic acids is 1. The highest BCUT2D eigenvalue weighted by Crippen LogP contribution is 2.55. The maximum atomic E-state index is 11.9. The second kappa shape index (κ2) is 18.1. The quantitative estimate of drug-likeness (QED) is 0.0934. The second-order valence-corrected chi connectivity index (χ2v) is 13.6. The molecule has 0 fully saturated rings. The third kappa shape index (κ3) is 9.65. The Bertz CT molecular complexity index is 1610. The van der Waals surface area contributed by atoms with Crippen molar-refractivity contribution in [3.05, 3.63) is 101 Å². The minimum absolute atomic E-state index is 0.155. The Kier molecular flexibility index (Phi) is 14.6. The molecule has 258 valence electrons. The number of benzene rings is 4. The summed E-state index contributed by atoms with van der Waals surface area (Å²) in [7, 11) is 1.00. The van der Waals surface area contributed by atoms with Crippen LogP contribution < -0.4 is 13.8 Å². The summed E-state index contributed by atoms with van der Waals surface area (Å²) in [6.07, 6.45) is 5.37. The van der Waals surface area contributed by atoms with E-state index in [0.717, 1.165) is 60.0 Å². The molecule has 0 radical (unpaired) electrons. The van der Waals surface area contributed by atoms with Crippen molar-refractivity contribution in [2.75, 3.05) is 30.9 Å². The summed E-state index contributed by atoms with van der Waals surface area (Å²) in [6, 6.07) is 25.2. The first kappa shape index (κ1) is 38.7. The van der Waals surface area contributed by atoms with Crippen LogP contribution in [0.3, 0.4) is 0 Å². The van der Waals surface area contributed by atoms with E-state index in [4.69, 9.17) is 19.7 Å². The van der Waals surface area contributed by atoms with Crippen molar-refractivity contribution in [1.82, 2.24) is 0 Å². The fraction of sp³-hybridized carbons (Fsp3) is 0.390. The van der Waals surface area contributed by atoms with Crippen molar-refractivity contribution in [2.24, 2.45) is 0 Å². The van der Waals surface area contributed by atoms with Crippen LogP contribution in [-0.4, -0.2) is 48.7 Å². The van der Waals surface area contributed by atoms with E-state index in [-0.39, 0.29) is 6.04 Å². The van der Waals surface area contributed by atoms with E-state index < -0.39 is 5.60 Å². The van der Waals surface area contributed by atoms with Crippen LogP contribution in [0.4, 0.5) is 5.69 Å². The molecular weight excluding hydrogens is 619 g/mol. The Labute approximate surface area is 292 Å². The Morgan fingerprint density at radius 2 is 1.42 bits per heavy atom. The molecule has 0 unspecified atom stereocenters. The first-order valence-corrected chi connectivity index (χ1v) is 17.8. The van der Waals surface area contributed by atoms with Gasteiger partial charge in [0.1, 0.15) is 17.8 Å². The molecule has 0 spiro atoms.